The minimum Gasteiger partial charge on any atom is -0.374 e. The van der Waals surface area contributed by atoms with Gasteiger partial charge in [0.25, 0.3) is 5.56 Å². The van der Waals surface area contributed by atoms with Crippen molar-refractivity contribution in [2.45, 2.75) is 12.8 Å². The molecular formula is C23H20N4O. The fourth-order valence-corrected chi connectivity index (χ4v) is 4.04. The van der Waals surface area contributed by atoms with Crippen LogP contribution in [0.5, 0.6) is 0 Å². The van der Waals surface area contributed by atoms with Crippen LogP contribution in [-0.2, 0) is 6.42 Å². The van der Waals surface area contributed by atoms with Crippen molar-refractivity contribution >= 4 is 16.5 Å². The SMILES string of the molecule is CN1CCCc2c(-c3ccc4c(=O)n(-c5ccccn5)ncc4c3)cccc21. The van der Waals surface area contributed by atoms with Crippen LogP contribution in [0.25, 0.3) is 27.7 Å². The average Bonchev–Trinajstić information content (AvgIpc) is 2.74. The number of hydrogen-bond donors (Lipinski definition) is 0. The highest BCUT2D eigenvalue weighted by atomic mass is 16.1. The number of hydrogen-bond acceptors (Lipinski definition) is 4. The maximum Gasteiger partial charge on any atom is 0.280 e. The molecule has 1 aliphatic rings. The molecule has 5 heteroatoms. The summed E-state index contributed by atoms with van der Waals surface area (Å²) in [4.78, 5) is 19.5. The molecule has 2 aromatic carbocycles. The van der Waals surface area contributed by atoms with Gasteiger partial charge >= 0.3 is 0 Å². The largest absolute Gasteiger partial charge is 0.374 e. The summed E-state index contributed by atoms with van der Waals surface area (Å²) >= 11 is 0. The number of benzene rings is 2. The maximum atomic E-state index is 12.9. The van der Waals surface area contributed by atoms with E-state index in [-0.39, 0.29) is 5.56 Å². The van der Waals surface area contributed by atoms with Gasteiger partial charge < -0.3 is 4.90 Å². The fourth-order valence-electron chi connectivity index (χ4n) is 4.04. The van der Waals surface area contributed by atoms with Gasteiger partial charge in [-0.15, -0.1) is 0 Å². The van der Waals surface area contributed by atoms with Gasteiger partial charge in [0.1, 0.15) is 0 Å². The molecule has 0 amide bonds. The van der Waals surface area contributed by atoms with Gasteiger partial charge in [0.2, 0.25) is 0 Å². The Bertz CT molecular complexity index is 1230. The van der Waals surface area contributed by atoms with E-state index < -0.39 is 0 Å². The van der Waals surface area contributed by atoms with Crippen molar-refractivity contribution in [3.8, 4) is 16.9 Å². The van der Waals surface area contributed by atoms with Crippen molar-refractivity contribution in [1.29, 1.82) is 0 Å². The van der Waals surface area contributed by atoms with Gasteiger partial charge in [-0.2, -0.15) is 9.78 Å². The lowest BCUT2D eigenvalue weighted by Gasteiger charge is -2.29. The number of rotatable bonds is 2. The molecule has 4 aromatic rings. The van der Waals surface area contributed by atoms with Gasteiger partial charge in [-0.25, -0.2) is 4.98 Å². The molecule has 5 rings (SSSR count). The molecule has 28 heavy (non-hydrogen) atoms. The molecule has 0 N–H and O–H groups in total. The first-order valence-corrected chi connectivity index (χ1v) is 9.49. The van der Waals surface area contributed by atoms with Crippen LogP contribution in [0, 0.1) is 0 Å². The first-order chi connectivity index (χ1) is 13.7. The lowest BCUT2D eigenvalue weighted by molar-refractivity contribution is 0.746. The Labute approximate surface area is 162 Å². The highest BCUT2D eigenvalue weighted by molar-refractivity contribution is 5.87. The normalized spacial score (nSPS) is 13.5. The van der Waals surface area contributed by atoms with E-state index in [9.17, 15) is 4.79 Å². The molecule has 0 saturated carbocycles. The maximum absolute atomic E-state index is 12.9. The predicted molar refractivity (Wildman–Crippen MR) is 112 cm³/mol. The molecule has 0 bridgehead atoms. The Hall–Kier alpha value is -3.47. The standard InChI is InChI=1S/C23H20N4O/c1-26-13-5-7-20-18(6-4-8-21(20)26)16-10-11-19-17(14-16)15-25-27(23(19)28)22-9-2-3-12-24-22/h2-4,6,8-12,14-15H,5,7,13H2,1H3. The molecule has 1 aliphatic heterocycles. The zero-order valence-corrected chi connectivity index (χ0v) is 15.7. The second-order valence-corrected chi connectivity index (χ2v) is 7.18. The third kappa shape index (κ3) is 2.67. The highest BCUT2D eigenvalue weighted by Crippen LogP contribution is 2.35. The van der Waals surface area contributed by atoms with Crippen molar-refractivity contribution in [3.05, 3.63) is 82.9 Å². The molecule has 5 nitrogen and oxygen atoms in total. The third-order valence-corrected chi connectivity index (χ3v) is 5.45. The van der Waals surface area contributed by atoms with Crippen LogP contribution in [0.15, 0.2) is 71.8 Å². The molecule has 0 spiro atoms. The zero-order valence-electron chi connectivity index (χ0n) is 15.7. The highest BCUT2D eigenvalue weighted by Gasteiger charge is 2.18. The van der Waals surface area contributed by atoms with E-state index >= 15 is 0 Å². The Balaban J connectivity index is 1.65. The van der Waals surface area contributed by atoms with Gasteiger partial charge in [0, 0.05) is 30.9 Å². The summed E-state index contributed by atoms with van der Waals surface area (Å²) in [5.74, 6) is 0.527. The van der Waals surface area contributed by atoms with Crippen molar-refractivity contribution < 1.29 is 0 Å². The molecule has 0 radical (unpaired) electrons. The molecule has 0 atom stereocenters. The van der Waals surface area contributed by atoms with Gasteiger partial charge in [0.15, 0.2) is 5.82 Å². The van der Waals surface area contributed by atoms with Crippen molar-refractivity contribution in [2.75, 3.05) is 18.5 Å². The molecule has 138 valence electrons. The molecule has 0 saturated heterocycles. The summed E-state index contributed by atoms with van der Waals surface area (Å²) in [5, 5.41) is 5.83. The lowest BCUT2D eigenvalue weighted by atomic mass is 9.91. The van der Waals surface area contributed by atoms with Crippen molar-refractivity contribution in [2.24, 2.45) is 0 Å². The van der Waals surface area contributed by atoms with Gasteiger partial charge in [-0.3, -0.25) is 4.79 Å². The van der Waals surface area contributed by atoms with E-state index in [1.54, 1.807) is 18.5 Å². The number of aromatic nitrogens is 3. The van der Waals surface area contributed by atoms with Crippen LogP contribution >= 0.6 is 0 Å². The molecule has 0 aliphatic carbocycles. The second kappa shape index (κ2) is 6.60. The van der Waals surface area contributed by atoms with Crippen LogP contribution in [-0.4, -0.2) is 28.4 Å². The van der Waals surface area contributed by atoms with Gasteiger partial charge in [-0.05, 0) is 59.9 Å². The minimum atomic E-state index is -0.155. The monoisotopic (exact) mass is 368 g/mol. The van der Waals surface area contributed by atoms with E-state index in [1.807, 2.05) is 24.3 Å². The van der Waals surface area contributed by atoms with Crippen LogP contribution in [0.4, 0.5) is 5.69 Å². The van der Waals surface area contributed by atoms with E-state index in [4.69, 9.17) is 0 Å². The van der Waals surface area contributed by atoms with Crippen LogP contribution in [0.1, 0.15) is 12.0 Å². The fraction of sp³-hybridized carbons (Fsp3) is 0.174. The van der Waals surface area contributed by atoms with Crippen LogP contribution < -0.4 is 10.5 Å². The molecular weight excluding hydrogens is 348 g/mol. The molecule has 3 heterocycles. The summed E-state index contributed by atoms with van der Waals surface area (Å²) in [6.45, 7) is 1.09. The van der Waals surface area contributed by atoms with Gasteiger partial charge in [-0.1, -0.05) is 24.3 Å². The summed E-state index contributed by atoms with van der Waals surface area (Å²) in [7, 11) is 2.15. The third-order valence-electron chi connectivity index (χ3n) is 5.45. The van der Waals surface area contributed by atoms with Crippen LogP contribution in [0.3, 0.4) is 0 Å². The average molecular weight is 368 g/mol. The summed E-state index contributed by atoms with van der Waals surface area (Å²) < 4.78 is 1.35. The number of pyridine rings is 1. The minimum absolute atomic E-state index is 0.155. The summed E-state index contributed by atoms with van der Waals surface area (Å²) in [6.07, 6.45) is 5.64. The summed E-state index contributed by atoms with van der Waals surface area (Å²) in [5.41, 5.74) is 4.88. The van der Waals surface area contributed by atoms with Gasteiger partial charge in [0.05, 0.1) is 11.6 Å². The smallest absolute Gasteiger partial charge is 0.280 e. The summed E-state index contributed by atoms with van der Waals surface area (Å²) in [6, 6.07) is 17.9. The zero-order chi connectivity index (χ0) is 19.1. The van der Waals surface area contributed by atoms with E-state index in [1.165, 1.54) is 21.5 Å². The van der Waals surface area contributed by atoms with Crippen molar-refractivity contribution in [3.63, 3.8) is 0 Å². The Morgan fingerprint density at radius 2 is 1.96 bits per heavy atom. The molecule has 0 unspecified atom stereocenters. The Kier molecular flexibility index (Phi) is 3.93. The number of nitrogens with zero attached hydrogens (tertiary/aromatic N) is 4. The van der Waals surface area contributed by atoms with E-state index in [0.29, 0.717) is 11.2 Å². The van der Waals surface area contributed by atoms with E-state index in [0.717, 1.165) is 30.3 Å². The quantitative estimate of drug-likeness (QED) is 0.540. The Morgan fingerprint density at radius 1 is 1.04 bits per heavy atom. The first-order valence-electron chi connectivity index (χ1n) is 9.49. The topological polar surface area (TPSA) is 51.0 Å². The van der Waals surface area contributed by atoms with Crippen molar-refractivity contribution in [1.82, 2.24) is 14.8 Å². The number of anilines is 1. The first kappa shape index (κ1) is 16.7. The predicted octanol–water partition coefficient (Wildman–Crippen LogP) is 3.83. The van der Waals surface area contributed by atoms with Crippen LogP contribution in [0.2, 0.25) is 0 Å². The second-order valence-electron chi connectivity index (χ2n) is 7.18. The number of fused-ring (bicyclic) bond motifs is 2. The lowest BCUT2D eigenvalue weighted by Crippen LogP contribution is -2.24. The molecule has 2 aromatic heterocycles. The Morgan fingerprint density at radius 3 is 2.82 bits per heavy atom. The molecule has 0 fully saturated rings. The van der Waals surface area contributed by atoms with E-state index in [2.05, 4.69) is 46.3 Å².